The van der Waals surface area contributed by atoms with E-state index in [9.17, 15) is 4.79 Å². The van der Waals surface area contributed by atoms with Crippen LogP contribution in [-0.2, 0) is 17.6 Å². The van der Waals surface area contributed by atoms with Crippen LogP contribution in [0.3, 0.4) is 0 Å². The summed E-state index contributed by atoms with van der Waals surface area (Å²) in [5, 5.41) is 2.89. The molecule has 0 spiro atoms. The van der Waals surface area contributed by atoms with E-state index in [0.717, 1.165) is 12.2 Å². The van der Waals surface area contributed by atoms with E-state index in [2.05, 4.69) is 17.4 Å². The molecule has 0 radical (unpaired) electrons. The average Bonchev–Trinajstić information content (AvgIpc) is 2.59. The summed E-state index contributed by atoms with van der Waals surface area (Å²) in [4.78, 5) is 13.7. The molecule has 0 atom stereocenters. The number of morpholine rings is 1. The topological polar surface area (TPSA) is 50.8 Å². The van der Waals surface area contributed by atoms with E-state index in [1.807, 2.05) is 6.07 Å². The summed E-state index contributed by atoms with van der Waals surface area (Å²) in [6.45, 7) is 3.59. The zero-order valence-corrected chi connectivity index (χ0v) is 13.0. The van der Waals surface area contributed by atoms with E-state index in [-0.39, 0.29) is 6.03 Å². The molecule has 0 unspecified atom stereocenters. The highest BCUT2D eigenvalue weighted by molar-refractivity contribution is 5.74. The van der Waals surface area contributed by atoms with Crippen molar-refractivity contribution >= 4 is 6.03 Å². The first kappa shape index (κ1) is 15.2. The Morgan fingerprint density at radius 2 is 1.95 bits per heavy atom. The summed E-state index contributed by atoms with van der Waals surface area (Å²) in [5.74, 6) is 0.904. The van der Waals surface area contributed by atoms with Gasteiger partial charge in [0.05, 0.1) is 19.8 Å². The third-order valence-electron chi connectivity index (χ3n) is 4.27. The van der Waals surface area contributed by atoms with Crippen LogP contribution in [0.4, 0.5) is 4.79 Å². The zero-order chi connectivity index (χ0) is 15.2. The number of ether oxygens (including phenoxy) is 2. The van der Waals surface area contributed by atoms with Crippen LogP contribution < -0.4 is 10.1 Å². The number of hydrogen-bond donors (Lipinski definition) is 1. The number of carbonyl (C=O) groups excluding carboxylic acids is 1. The van der Waals surface area contributed by atoms with Crippen molar-refractivity contribution in [3.05, 3.63) is 29.3 Å². The second-order valence-electron chi connectivity index (χ2n) is 5.82. The number of benzene rings is 1. The van der Waals surface area contributed by atoms with Crippen molar-refractivity contribution in [1.29, 1.82) is 0 Å². The molecule has 1 aliphatic carbocycles. The smallest absolute Gasteiger partial charge is 0.317 e. The third kappa shape index (κ3) is 3.91. The van der Waals surface area contributed by atoms with Crippen molar-refractivity contribution in [2.75, 3.05) is 39.5 Å². The summed E-state index contributed by atoms with van der Waals surface area (Å²) in [6, 6.07) is 6.33. The largest absolute Gasteiger partial charge is 0.492 e. The van der Waals surface area contributed by atoms with Crippen LogP contribution in [0.5, 0.6) is 5.75 Å². The summed E-state index contributed by atoms with van der Waals surface area (Å²) >= 11 is 0. The first-order valence-electron chi connectivity index (χ1n) is 8.18. The highest BCUT2D eigenvalue weighted by Crippen LogP contribution is 2.25. The first-order chi connectivity index (χ1) is 10.8. The van der Waals surface area contributed by atoms with Crippen molar-refractivity contribution < 1.29 is 14.3 Å². The maximum Gasteiger partial charge on any atom is 0.317 e. The fourth-order valence-electron chi connectivity index (χ4n) is 3.00. The molecule has 3 rings (SSSR count). The van der Waals surface area contributed by atoms with Gasteiger partial charge in [0.1, 0.15) is 12.4 Å². The van der Waals surface area contributed by atoms with Crippen molar-refractivity contribution in [2.45, 2.75) is 25.7 Å². The second-order valence-corrected chi connectivity index (χ2v) is 5.82. The van der Waals surface area contributed by atoms with Crippen LogP contribution in [0.2, 0.25) is 0 Å². The fourth-order valence-corrected chi connectivity index (χ4v) is 3.00. The highest BCUT2D eigenvalue weighted by Gasteiger charge is 2.16. The Labute approximate surface area is 131 Å². The predicted molar refractivity (Wildman–Crippen MR) is 84.4 cm³/mol. The molecule has 1 heterocycles. The Balaban J connectivity index is 1.40. The molecule has 5 nitrogen and oxygen atoms in total. The molecular formula is C17H24N2O3. The molecule has 1 saturated heterocycles. The van der Waals surface area contributed by atoms with Gasteiger partial charge in [-0.25, -0.2) is 4.79 Å². The van der Waals surface area contributed by atoms with Gasteiger partial charge in [-0.15, -0.1) is 0 Å². The Bertz CT molecular complexity index is 513. The maximum absolute atomic E-state index is 11.9. The standard InChI is InChI=1S/C17H24N2O3/c20-17(19-8-11-21-12-9-19)18-7-10-22-16-6-5-14-3-1-2-4-15(14)13-16/h5-6,13H,1-4,7-12H2,(H,18,20). The van der Waals surface area contributed by atoms with E-state index in [1.165, 1.54) is 30.4 Å². The monoisotopic (exact) mass is 304 g/mol. The number of urea groups is 1. The lowest BCUT2D eigenvalue weighted by atomic mass is 9.92. The second kappa shape index (κ2) is 7.49. The number of rotatable bonds is 4. The lowest BCUT2D eigenvalue weighted by Gasteiger charge is -2.26. The Morgan fingerprint density at radius 3 is 2.77 bits per heavy atom. The van der Waals surface area contributed by atoms with Gasteiger partial charge in [0.15, 0.2) is 0 Å². The minimum absolute atomic E-state index is 0.0302. The summed E-state index contributed by atoms with van der Waals surface area (Å²) in [5.41, 5.74) is 2.88. The molecule has 2 amide bonds. The number of hydrogen-bond acceptors (Lipinski definition) is 3. The van der Waals surface area contributed by atoms with Crippen LogP contribution >= 0.6 is 0 Å². The minimum atomic E-state index is -0.0302. The van der Waals surface area contributed by atoms with Crippen LogP contribution in [-0.4, -0.2) is 50.4 Å². The molecule has 0 saturated carbocycles. The van der Waals surface area contributed by atoms with Gasteiger partial charge in [-0.05, 0) is 48.9 Å². The van der Waals surface area contributed by atoms with Gasteiger partial charge >= 0.3 is 6.03 Å². The molecule has 1 fully saturated rings. The quantitative estimate of drug-likeness (QED) is 0.866. The van der Waals surface area contributed by atoms with Crippen LogP contribution in [0.1, 0.15) is 24.0 Å². The normalized spacial score (nSPS) is 17.7. The summed E-state index contributed by atoms with van der Waals surface area (Å²) < 4.78 is 11.0. The van der Waals surface area contributed by atoms with Gasteiger partial charge in [-0.1, -0.05) is 6.07 Å². The van der Waals surface area contributed by atoms with Crippen molar-refractivity contribution in [3.63, 3.8) is 0 Å². The molecule has 1 aromatic rings. The minimum Gasteiger partial charge on any atom is -0.492 e. The predicted octanol–water partition coefficient (Wildman–Crippen LogP) is 1.99. The van der Waals surface area contributed by atoms with Crippen molar-refractivity contribution in [2.24, 2.45) is 0 Å². The Morgan fingerprint density at radius 1 is 1.18 bits per heavy atom. The van der Waals surface area contributed by atoms with E-state index in [0.29, 0.717) is 39.5 Å². The summed E-state index contributed by atoms with van der Waals surface area (Å²) in [7, 11) is 0. The van der Waals surface area contributed by atoms with E-state index >= 15 is 0 Å². The summed E-state index contributed by atoms with van der Waals surface area (Å²) in [6.07, 6.45) is 4.90. The molecular weight excluding hydrogens is 280 g/mol. The van der Waals surface area contributed by atoms with Gasteiger partial charge < -0.3 is 19.7 Å². The molecule has 1 aliphatic heterocycles. The Hall–Kier alpha value is -1.75. The van der Waals surface area contributed by atoms with Crippen LogP contribution in [0, 0.1) is 0 Å². The third-order valence-corrected chi connectivity index (χ3v) is 4.27. The van der Waals surface area contributed by atoms with Gasteiger partial charge in [-0.2, -0.15) is 0 Å². The van der Waals surface area contributed by atoms with Crippen molar-refractivity contribution in [1.82, 2.24) is 10.2 Å². The highest BCUT2D eigenvalue weighted by atomic mass is 16.5. The van der Waals surface area contributed by atoms with E-state index < -0.39 is 0 Å². The molecule has 120 valence electrons. The van der Waals surface area contributed by atoms with Gasteiger partial charge in [-0.3, -0.25) is 0 Å². The number of aryl methyl sites for hydroxylation is 2. The maximum atomic E-state index is 11.9. The molecule has 2 aliphatic rings. The molecule has 0 bridgehead atoms. The van der Waals surface area contributed by atoms with Crippen LogP contribution in [0.15, 0.2) is 18.2 Å². The van der Waals surface area contributed by atoms with Gasteiger partial charge in [0, 0.05) is 13.1 Å². The SMILES string of the molecule is O=C(NCCOc1ccc2c(c1)CCCC2)N1CCOCC1. The van der Waals surface area contributed by atoms with Gasteiger partial charge in [0.25, 0.3) is 0 Å². The van der Waals surface area contributed by atoms with Crippen molar-refractivity contribution in [3.8, 4) is 5.75 Å². The Kier molecular flexibility index (Phi) is 5.16. The molecule has 0 aromatic heterocycles. The number of amides is 2. The molecule has 1 N–H and O–H groups in total. The first-order valence-corrected chi connectivity index (χ1v) is 8.18. The van der Waals surface area contributed by atoms with E-state index in [4.69, 9.17) is 9.47 Å². The number of fused-ring (bicyclic) bond motifs is 1. The zero-order valence-electron chi connectivity index (χ0n) is 13.0. The lowest BCUT2D eigenvalue weighted by Crippen LogP contribution is -2.47. The fraction of sp³-hybridized carbons (Fsp3) is 0.588. The van der Waals surface area contributed by atoms with Crippen LogP contribution in [0.25, 0.3) is 0 Å². The van der Waals surface area contributed by atoms with E-state index in [1.54, 1.807) is 4.90 Å². The molecule has 1 aromatic carbocycles. The lowest BCUT2D eigenvalue weighted by molar-refractivity contribution is 0.0530. The molecule has 22 heavy (non-hydrogen) atoms. The average molecular weight is 304 g/mol. The number of carbonyl (C=O) groups is 1. The number of nitrogens with zero attached hydrogens (tertiary/aromatic N) is 1. The molecule has 5 heteroatoms. The van der Waals surface area contributed by atoms with Gasteiger partial charge in [0.2, 0.25) is 0 Å². The number of nitrogens with one attached hydrogen (secondary N) is 1.